The third kappa shape index (κ3) is 8.18. The number of hydrogen-bond donors (Lipinski definition) is 1. The van der Waals surface area contributed by atoms with Gasteiger partial charge in [0.15, 0.2) is 12.2 Å². The fourth-order valence-corrected chi connectivity index (χ4v) is 9.37. The van der Waals surface area contributed by atoms with Crippen LogP contribution in [0.15, 0.2) is 84.0 Å². The molecule has 0 bridgehead atoms. The van der Waals surface area contributed by atoms with Crippen molar-refractivity contribution in [2.45, 2.75) is 116 Å². The van der Waals surface area contributed by atoms with E-state index in [2.05, 4.69) is 6.58 Å². The van der Waals surface area contributed by atoms with Gasteiger partial charge in [-0.05, 0) is 81.6 Å². The van der Waals surface area contributed by atoms with Gasteiger partial charge in [-0.3, -0.25) is 19.2 Å². The second kappa shape index (κ2) is 16.3. The maximum absolute atomic E-state index is 14.1. The molecule has 0 saturated heterocycles. The van der Waals surface area contributed by atoms with Crippen molar-refractivity contribution >= 4 is 29.8 Å². The van der Waals surface area contributed by atoms with Gasteiger partial charge < -0.3 is 33.7 Å². The van der Waals surface area contributed by atoms with Gasteiger partial charge in [-0.2, -0.15) is 0 Å². The van der Waals surface area contributed by atoms with Crippen LogP contribution in [0, 0.1) is 16.7 Å². The molecule has 56 heavy (non-hydrogen) atoms. The molecule has 2 aromatic rings. The van der Waals surface area contributed by atoms with Gasteiger partial charge in [-0.25, -0.2) is 4.79 Å². The molecule has 0 spiro atoms. The lowest BCUT2D eigenvalue weighted by molar-refractivity contribution is -0.198. The van der Waals surface area contributed by atoms with E-state index in [0.29, 0.717) is 16.7 Å². The molecular formula is C44H55NO11. The van der Waals surface area contributed by atoms with Gasteiger partial charge in [-0.15, -0.1) is 0 Å². The second-order valence-corrected chi connectivity index (χ2v) is 16.4. The summed E-state index contributed by atoms with van der Waals surface area (Å²) >= 11 is 0. The third-order valence-corrected chi connectivity index (χ3v) is 12.2. The fourth-order valence-electron chi connectivity index (χ4n) is 9.37. The number of fused-ring (bicyclic) bond motifs is 2. The summed E-state index contributed by atoms with van der Waals surface area (Å²) in [5.74, 6) is -3.89. The predicted octanol–water partition coefficient (Wildman–Crippen LogP) is 6.08. The Bertz CT molecular complexity index is 1870. The first-order valence-electron chi connectivity index (χ1n) is 19.0. The highest BCUT2D eigenvalue weighted by atomic mass is 16.6. The van der Waals surface area contributed by atoms with Crippen LogP contribution >= 0.6 is 0 Å². The monoisotopic (exact) mass is 773 g/mol. The van der Waals surface area contributed by atoms with Crippen LogP contribution in [0.4, 0.5) is 0 Å². The number of carbonyl (C=O) groups excluding carboxylic acids is 5. The van der Waals surface area contributed by atoms with Crippen molar-refractivity contribution in [3.05, 3.63) is 95.1 Å². The SMILES string of the molecule is C=C1[C@@H](OC(=O)C[C@@H](c2ccccc2)N(C)C)C[C@H](OC(C)=O)[C@]2(C)[C@@H]1C[C@]1(C(C)(C)O)C[C@H](OC(C)=O)C(C)=C1[C@@H](OC(=O)c1ccccc1)[C@@H]2OC(C)=O. The average molecular weight is 774 g/mol. The Morgan fingerprint density at radius 1 is 0.839 bits per heavy atom. The third-order valence-electron chi connectivity index (χ3n) is 12.2. The largest absolute Gasteiger partial charge is 0.462 e. The lowest BCUT2D eigenvalue weighted by Crippen LogP contribution is -2.60. The minimum absolute atomic E-state index is 0.0122. The normalized spacial score (nSPS) is 29.3. The summed E-state index contributed by atoms with van der Waals surface area (Å²) in [6.45, 7) is 15.1. The first-order valence-corrected chi connectivity index (χ1v) is 19.0. The van der Waals surface area contributed by atoms with Crippen LogP contribution in [0.3, 0.4) is 0 Å². The molecule has 0 heterocycles. The molecule has 12 heteroatoms. The van der Waals surface area contributed by atoms with Gasteiger partial charge in [0.2, 0.25) is 0 Å². The molecule has 0 radical (unpaired) electrons. The van der Waals surface area contributed by atoms with Gasteiger partial charge in [0, 0.05) is 45.1 Å². The number of rotatable bonds is 11. The van der Waals surface area contributed by atoms with E-state index in [9.17, 15) is 29.1 Å². The fraction of sp³-hybridized carbons (Fsp3) is 0.523. The summed E-state index contributed by atoms with van der Waals surface area (Å²) in [5, 5.41) is 12.3. The van der Waals surface area contributed by atoms with Crippen LogP contribution in [0.2, 0.25) is 0 Å². The molecule has 3 aliphatic carbocycles. The zero-order valence-electron chi connectivity index (χ0n) is 33.8. The highest BCUT2D eigenvalue weighted by molar-refractivity contribution is 5.89. The molecule has 0 aliphatic heterocycles. The number of hydrogen-bond acceptors (Lipinski definition) is 12. The second-order valence-electron chi connectivity index (χ2n) is 16.4. The zero-order chi connectivity index (χ0) is 41.3. The summed E-state index contributed by atoms with van der Waals surface area (Å²) in [6, 6.07) is 17.6. The van der Waals surface area contributed by atoms with Gasteiger partial charge in [0.1, 0.15) is 18.3 Å². The van der Waals surface area contributed by atoms with E-state index in [4.69, 9.17) is 23.7 Å². The molecule has 2 aromatic carbocycles. The van der Waals surface area contributed by atoms with E-state index < -0.39 is 82.7 Å². The van der Waals surface area contributed by atoms with Crippen molar-refractivity contribution in [2.75, 3.05) is 14.1 Å². The minimum Gasteiger partial charge on any atom is -0.462 e. The topological polar surface area (TPSA) is 155 Å². The summed E-state index contributed by atoms with van der Waals surface area (Å²) in [4.78, 5) is 68.5. The zero-order valence-corrected chi connectivity index (χ0v) is 33.8. The Morgan fingerprint density at radius 2 is 1.41 bits per heavy atom. The number of benzene rings is 2. The van der Waals surface area contributed by atoms with Gasteiger partial charge >= 0.3 is 29.8 Å². The van der Waals surface area contributed by atoms with Gasteiger partial charge in [0.25, 0.3) is 0 Å². The van der Waals surface area contributed by atoms with E-state index in [-0.39, 0.29) is 37.3 Å². The Kier molecular flexibility index (Phi) is 12.4. The summed E-state index contributed by atoms with van der Waals surface area (Å²) in [5.41, 5.74) is -1.66. The number of ether oxygens (including phenoxy) is 5. The maximum atomic E-state index is 14.1. The highest BCUT2D eigenvalue weighted by Crippen LogP contribution is 2.65. The van der Waals surface area contributed by atoms with Crippen LogP contribution in [0.5, 0.6) is 0 Å². The van der Waals surface area contributed by atoms with Crippen LogP contribution < -0.4 is 0 Å². The molecule has 0 aromatic heterocycles. The van der Waals surface area contributed by atoms with E-state index >= 15 is 0 Å². The van der Waals surface area contributed by atoms with Crippen LogP contribution in [-0.2, 0) is 42.9 Å². The molecule has 0 amide bonds. The number of carbonyl (C=O) groups is 5. The van der Waals surface area contributed by atoms with Crippen molar-refractivity contribution in [2.24, 2.45) is 16.7 Å². The van der Waals surface area contributed by atoms with Crippen LogP contribution in [0.25, 0.3) is 0 Å². The van der Waals surface area contributed by atoms with E-state index in [1.807, 2.05) is 49.3 Å². The lowest BCUT2D eigenvalue weighted by atomic mass is 9.56. The van der Waals surface area contributed by atoms with Crippen molar-refractivity contribution in [1.82, 2.24) is 4.90 Å². The van der Waals surface area contributed by atoms with Gasteiger partial charge in [0.05, 0.1) is 23.0 Å². The smallest absolute Gasteiger partial charge is 0.338 e. The molecule has 2 fully saturated rings. The first-order chi connectivity index (χ1) is 26.2. The van der Waals surface area contributed by atoms with E-state index in [1.165, 1.54) is 20.8 Å². The Hall–Kier alpha value is -4.81. The first kappa shape index (κ1) is 42.3. The summed E-state index contributed by atoms with van der Waals surface area (Å²) in [6.07, 6.45) is -5.36. The van der Waals surface area contributed by atoms with Crippen molar-refractivity contribution in [3.63, 3.8) is 0 Å². The van der Waals surface area contributed by atoms with Gasteiger partial charge in [-0.1, -0.05) is 62.0 Å². The highest BCUT2D eigenvalue weighted by Gasteiger charge is 2.69. The molecule has 2 saturated carbocycles. The lowest BCUT2D eigenvalue weighted by Gasteiger charge is -2.53. The summed E-state index contributed by atoms with van der Waals surface area (Å²) in [7, 11) is 3.75. The van der Waals surface area contributed by atoms with Crippen molar-refractivity contribution in [3.8, 4) is 0 Å². The number of nitrogens with zero attached hydrogens (tertiary/aromatic N) is 1. The molecule has 9 atom stereocenters. The Labute approximate surface area is 329 Å². The molecule has 302 valence electrons. The molecular weight excluding hydrogens is 718 g/mol. The minimum atomic E-state index is -1.57. The van der Waals surface area contributed by atoms with Crippen LogP contribution in [0.1, 0.15) is 96.1 Å². The van der Waals surface area contributed by atoms with Crippen molar-refractivity contribution in [1.29, 1.82) is 0 Å². The van der Waals surface area contributed by atoms with Crippen molar-refractivity contribution < 1.29 is 52.8 Å². The molecule has 1 N–H and O–H groups in total. The Balaban J connectivity index is 1.70. The molecule has 12 nitrogen and oxygen atoms in total. The standard InChI is InChI=1S/C44H55NO11/c1-25-32-23-44(42(6,7)51)24-35(52-27(3)46)26(2)38(44)39(56-41(50)31-19-15-12-16-20-31)40(54-29(5)48)43(32,8)36(53-28(4)47)22-34(25)55-37(49)21-33(45(9)10)30-17-13-11-14-18-30/h11-20,32-36,39-40,51H,1,21-24H2,2-10H3/t32-,33+,34+,35+,36+,39-,40+,43+,44+/m1/s1. The average Bonchev–Trinajstić information content (AvgIpc) is 3.35. The molecule has 5 rings (SSSR count). The quantitative estimate of drug-likeness (QED) is 0.160. The molecule has 3 aliphatic rings. The summed E-state index contributed by atoms with van der Waals surface area (Å²) < 4.78 is 30.9. The number of esters is 5. The molecule has 0 unspecified atom stereocenters. The van der Waals surface area contributed by atoms with E-state index in [1.54, 1.807) is 58.0 Å². The maximum Gasteiger partial charge on any atom is 0.338 e. The van der Waals surface area contributed by atoms with E-state index in [0.717, 1.165) is 5.56 Å². The Morgan fingerprint density at radius 3 is 1.95 bits per heavy atom. The number of aliphatic hydroxyl groups is 1. The predicted molar refractivity (Wildman–Crippen MR) is 206 cm³/mol. The van der Waals surface area contributed by atoms with Crippen LogP contribution in [-0.4, -0.2) is 90.1 Å².